The van der Waals surface area contributed by atoms with Crippen molar-refractivity contribution in [3.63, 3.8) is 0 Å². The van der Waals surface area contributed by atoms with Crippen LogP contribution in [0.2, 0.25) is 0 Å². The lowest BCUT2D eigenvalue weighted by molar-refractivity contribution is 0.259. The lowest BCUT2D eigenvalue weighted by atomic mass is 10.0. The molecule has 0 spiro atoms. The summed E-state index contributed by atoms with van der Waals surface area (Å²) in [6.07, 6.45) is 0. The molecule has 3 nitrogen and oxygen atoms in total. The van der Waals surface area contributed by atoms with Crippen molar-refractivity contribution < 1.29 is 8.95 Å². The summed E-state index contributed by atoms with van der Waals surface area (Å²) in [5.74, 6) is 0.893. The summed E-state index contributed by atoms with van der Waals surface area (Å²) in [5.41, 5.74) is 1.10. The highest BCUT2D eigenvalue weighted by Gasteiger charge is 2.34. The fraction of sp³-hybridized carbons (Fsp3) is 0.294. The Morgan fingerprint density at radius 1 is 1.14 bits per heavy atom. The molecule has 21 heavy (non-hydrogen) atoms. The molecule has 0 saturated heterocycles. The Morgan fingerprint density at radius 3 is 2.62 bits per heavy atom. The van der Waals surface area contributed by atoms with E-state index in [1.54, 1.807) is 0 Å². The van der Waals surface area contributed by atoms with E-state index in [4.69, 9.17) is 4.74 Å². The van der Waals surface area contributed by atoms with Crippen LogP contribution in [0.3, 0.4) is 0 Å². The van der Waals surface area contributed by atoms with E-state index in [-0.39, 0.29) is 11.3 Å². The van der Waals surface area contributed by atoms with Gasteiger partial charge in [-0.15, -0.1) is 0 Å². The summed E-state index contributed by atoms with van der Waals surface area (Å²) in [7, 11) is -1.10. The van der Waals surface area contributed by atoms with E-state index in [9.17, 15) is 4.21 Å². The molecule has 0 saturated carbocycles. The van der Waals surface area contributed by atoms with Gasteiger partial charge < -0.3 is 10.1 Å². The van der Waals surface area contributed by atoms with Crippen molar-refractivity contribution in [2.45, 2.75) is 23.1 Å². The van der Waals surface area contributed by atoms with Gasteiger partial charge in [-0.05, 0) is 24.7 Å². The molecule has 1 heterocycles. The van der Waals surface area contributed by atoms with Crippen molar-refractivity contribution in [2.75, 3.05) is 13.2 Å². The molecule has 2 aromatic rings. The van der Waals surface area contributed by atoms with E-state index in [0.29, 0.717) is 6.61 Å². The third-order valence-electron chi connectivity index (χ3n) is 3.70. The average Bonchev–Trinajstić information content (AvgIpc) is 2.55. The predicted octanol–water partition coefficient (Wildman–Crippen LogP) is 2.91. The summed E-state index contributed by atoms with van der Waals surface area (Å²) in [5, 5.41) is 3.39. The quantitative estimate of drug-likeness (QED) is 0.943. The van der Waals surface area contributed by atoms with E-state index in [1.807, 2.05) is 48.5 Å². The van der Waals surface area contributed by atoms with Crippen LogP contribution in [-0.2, 0) is 10.8 Å². The topological polar surface area (TPSA) is 38.3 Å². The number of ether oxygens (including phenoxy) is 1. The third kappa shape index (κ3) is 2.87. The maximum atomic E-state index is 12.9. The normalized spacial score (nSPS) is 22.1. The number of hydrogen-bond acceptors (Lipinski definition) is 3. The summed E-state index contributed by atoms with van der Waals surface area (Å²) in [6.45, 7) is 3.37. The van der Waals surface area contributed by atoms with E-state index in [2.05, 4.69) is 18.3 Å². The van der Waals surface area contributed by atoms with Crippen LogP contribution >= 0.6 is 0 Å². The number of fused-ring (bicyclic) bond motifs is 1. The summed E-state index contributed by atoms with van der Waals surface area (Å²) in [6, 6.07) is 17.7. The number of hydrogen-bond donors (Lipinski definition) is 1. The fourth-order valence-electron chi connectivity index (χ4n) is 2.71. The minimum Gasteiger partial charge on any atom is -0.492 e. The molecule has 0 radical (unpaired) electrons. The molecule has 0 amide bonds. The molecular weight excluding hydrogens is 282 g/mol. The number of rotatable bonds is 4. The van der Waals surface area contributed by atoms with Crippen LogP contribution < -0.4 is 10.1 Å². The second kappa shape index (κ2) is 6.41. The molecule has 0 fully saturated rings. The molecule has 4 heteroatoms. The van der Waals surface area contributed by atoms with Crippen molar-refractivity contribution in [3.05, 3.63) is 60.2 Å². The van der Waals surface area contributed by atoms with Gasteiger partial charge in [0, 0.05) is 10.5 Å². The van der Waals surface area contributed by atoms with Gasteiger partial charge in [0.25, 0.3) is 0 Å². The van der Waals surface area contributed by atoms with E-state index < -0.39 is 10.8 Å². The SMILES string of the molecule is CCNC1c2ccccc2OCC1S(=O)c1ccccc1. The van der Waals surface area contributed by atoms with Crippen LogP contribution in [0.15, 0.2) is 59.5 Å². The van der Waals surface area contributed by atoms with Crippen LogP contribution in [0.5, 0.6) is 5.75 Å². The summed E-state index contributed by atoms with van der Waals surface area (Å²) >= 11 is 0. The summed E-state index contributed by atoms with van der Waals surface area (Å²) < 4.78 is 18.7. The molecule has 2 aromatic carbocycles. The molecule has 0 aromatic heterocycles. The highest BCUT2D eigenvalue weighted by Crippen LogP contribution is 2.35. The Bertz CT molecular complexity index is 630. The molecule has 1 N–H and O–H groups in total. The van der Waals surface area contributed by atoms with Crippen molar-refractivity contribution in [3.8, 4) is 5.75 Å². The third-order valence-corrected chi connectivity index (χ3v) is 5.40. The van der Waals surface area contributed by atoms with Crippen molar-refractivity contribution in [2.24, 2.45) is 0 Å². The van der Waals surface area contributed by atoms with Crippen molar-refractivity contribution in [1.82, 2.24) is 5.32 Å². The first-order valence-electron chi connectivity index (χ1n) is 7.22. The van der Waals surface area contributed by atoms with Gasteiger partial charge in [-0.25, -0.2) is 0 Å². The Balaban J connectivity index is 1.94. The van der Waals surface area contributed by atoms with Gasteiger partial charge in [0.15, 0.2) is 0 Å². The molecule has 3 unspecified atom stereocenters. The fourth-order valence-corrected chi connectivity index (χ4v) is 4.17. The van der Waals surface area contributed by atoms with Crippen molar-refractivity contribution >= 4 is 10.8 Å². The smallest absolute Gasteiger partial charge is 0.124 e. The minimum atomic E-state index is -1.10. The van der Waals surface area contributed by atoms with Gasteiger partial charge >= 0.3 is 0 Å². The van der Waals surface area contributed by atoms with Gasteiger partial charge in [0.05, 0.1) is 22.1 Å². The van der Waals surface area contributed by atoms with Gasteiger partial charge in [0.2, 0.25) is 0 Å². The highest BCUT2D eigenvalue weighted by molar-refractivity contribution is 7.85. The van der Waals surface area contributed by atoms with Gasteiger partial charge in [-0.1, -0.05) is 43.3 Å². The van der Waals surface area contributed by atoms with Gasteiger partial charge in [0.1, 0.15) is 12.4 Å². The second-order valence-corrected chi connectivity index (χ2v) is 6.70. The van der Waals surface area contributed by atoms with Gasteiger partial charge in [-0.2, -0.15) is 0 Å². The van der Waals surface area contributed by atoms with Crippen LogP contribution in [-0.4, -0.2) is 22.6 Å². The first-order chi connectivity index (χ1) is 10.3. The lowest BCUT2D eigenvalue weighted by Crippen LogP contribution is -2.41. The molecule has 3 atom stereocenters. The first kappa shape index (κ1) is 14.3. The van der Waals surface area contributed by atoms with E-state index in [1.165, 1.54) is 0 Å². The zero-order valence-electron chi connectivity index (χ0n) is 12.0. The highest BCUT2D eigenvalue weighted by atomic mass is 32.2. The molecule has 1 aliphatic heterocycles. The Labute approximate surface area is 127 Å². The van der Waals surface area contributed by atoms with E-state index >= 15 is 0 Å². The summed E-state index contributed by atoms with van der Waals surface area (Å²) in [4.78, 5) is 0.855. The zero-order valence-corrected chi connectivity index (χ0v) is 12.8. The Kier molecular flexibility index (Phi) is 4.36. The number of benzene rings is 2. The van der Waals surface area contributed by atoms with Crippen LogP contribution in [0.25, 0.3) is 0 Å². The second-order valence-electron chi connectivity index (χ2n) is 5.03. The van der Waals surface area contributed by atoms with Crippen molar-refractivity contribution in [1.29, 1.82) is 0 Å². The molecule has 1 aliphatic rings. The van der Waals surface area contributed by atoms with Gasteiger partial charge in [-0.3, -0.25) is 4.21 Å². The Morgan fingerprint density at radius 2 is 1.86 bits per heavy atom. The minimum absolute atomic E-state index is 0.0565. The van der Waals surface area contributed by atoms with E-state index in [0.717, 1.165) is 22.8 Å². The molecule has 0 bridgehead atoms. The molecule has 110 valence electrons. The maximum absolute atomic E-state index is 12.9. The standard InChI is InChI=1S/C17H19NO2S/c1-2-18-17-14-10-6-7-11-15(14)20-12-16(17)21(19)13-8-4-3-5-9-13/h3-11,16-18H,2,12H2,1H3. The molecule has 0 aliphatic carbocycles. The van der Waals surface area contributed by atoms with Crippen LogP contribution in [0.4, 0.5) is 0 Å². The molecule has 3 rings (SSSR count). The van der Waals surface area contributed by atoms with Crippen LogP contribution in [0.1, 0.15) is 18.5 Å². The molecular formula is C17H19NO2S. The average molecular weight is 301 g/mol. The lowest BCUT2D eigenvalue weighted by Gasteiger charge is -2.33. The monoisotopic (exact) mass is 301 g/mol. The predicted molar refractivity (Wildman–Crippen MR) is 85.0 cm³/mol. The largest absolute Gasteiger partial charge is 0.492 e. The Hall–Kier alpha value is -1.65. The number of nitrogens with one attached hydrogen (secondary N) is 1. The maximum Gasteiger partial charge on any atom is 0.124 e. The zero-order chi connectivity index (χ0) is 14.7. The van der Waals surface area contributed by atoms with Crippen LogP contribution in [0, 0.1) is 0 Å². The number of para-hydroxylation sites is 1. The first-order valence-corrected chi connectivity index (χ1v) is 8.43.